The van der Waals surface area contributed by atoms with Crippen molar-refractivity contribution in [2.24, 2.45) is 0 Å². The molecule has 0 amide bonds. The van der Waals surface area contributed by atoms with Gasteiger partial charge in [0.1, 0.15) is 0 Å². The van der Waals surface area contributed by atoms with Gasteiger partial charge in [-0.15, -0.1) is 0 Å². The quantitative estimate of drug-likeness (QED) is 0.291. The fourth-order valence-electron chi connectivity index (χ4n) is 2.81. The first kappa shape index (κ1) is 23.4. The van der Waals surface area contributed by atoms with Crippen LogP contribution in [-0.4, -0.2) is 35.8 Å². The highest BCUT2D eigenvalue weighted by atomic mass is 32.2. The Morgan fingerprint density at radius 2 is 1.78 bits per heavy atom. The van der Waals surface area contributed by atoms with Crippen LogP contribution in [0.1, 0.15) is 11.4 Å². The summed E-state index contributed by atoms with van der Waals surface area (Å²) in [5.74, 6) is -4.41. The van der Waals surface area contributed by atoms with Gasteiger partial charge in [-0.05, 0) is 25.1 Å². The minimum Gasteiger partial charge on any atom is -0.481 e. The molecule has 2 aromatic heterocycles. The van der Waals surface area contributed by atoms with Gasteiger partial charge in [-0.3, -0.25) is 4.68 Å². The van der Waals surface area contributed by atoms with Gasteiger partial charge in [-0.25, -0.2) is 9.37 Å². The van der Waals surface area contributed by atoms with Crippen LogP contribution < -0.4 is 8.92 Å². The molecule has 1 aromatic carbocycles. The highest BCUT2D eigenvalue weighted by Gasteiger charge is 2.49. The highest BCUT2D eigenvalue weighted by Crippen LogP contribution is 2.34. The molecular weight excluding hydrogens is 461 g/mol. The predicted octanol–water partition coefficient (Wildman–Crippen LogP) is 4.01. The van der Waals surface area contributed by atoms with Crippen molar-refractivity contribution in [1.29, 1.82) is 0 Å². The van der Waals surface area contributed by atoms with E-state index in [4.69, 9.17) is 4.74 Å². The summed E-state index contributed by atoms with van der Waals surface area (Å²) in [6, 6.07) is 6.75. The molecule has 3 rings (SSSR count). The van der Waals surface area contributed by atoms with Crippen LogP contribution >= 0.6 is 0 Å². The van der Waals surface area contributed by atoms with E-state index in [1.165, 1.54) is 24.9 Å². The van der Waals surface area contributed by atoms with Crippen LogP contribution in [0.4, 0.5) is 22.0 Å². The molecule has 0 bridgehead atoms. The van der Waals surface area contributed by atoms with Gasteiger partial charge >= 0.3 is 15.6 Å². The van der Waals surface area contributed by atoms with E-state index in [9.17, 15) is 30.4 Å². The first-order valence-corrected chi connectivity index (χ1v) is 10.4. The van der Waals surface area contributed by atoms with Crippen molar-refractivity contribution in [3.63, 3.8) is 0 Å². The SMILES string of the molecule is COc1cccc(CCn2cc(-c3ccc(OS(=O)(=O)C(F)(F)F)c(F)c3F)c(C)n2)n1. The number of hydrogen-bond donors (Lipinski definition) is 0. The number of hydrogen-bond acceptors (Lipinski definition) is 6. The van der Waals surface area contributed by atoms with Gasteiger partial charge in [0, 0.05) is 42.0 Å². The molecule has 0 saturated carbocycles. The minimum absolute atomic E-state index is 0.172. The van der Waals surface area contributed by atoms with Gasteiger partial charge in [0.25, 0.3) is 0 Å². The molecule has 0 N–H and O–H groups in total. The molecule has 0 aliphatic carbocycles. The Hall–Kier alpha value is -3.22. The predicted molar refractivity (Wildman–Crippen MR) is 102 cm³/mol. The molecule has 7 nitrogen and oxygen atoms in total. The Morgan fingerprint density at radius 3 is 2.44 bits per heavy atom. The van der Waals surface area contributed by atoms with E-state index in [0.29, 0.717) is 36.3 Å². The lowest BCUT2D eigenvalue weighted by atomic mass is 10.1. The normalized spacial score (nSPS) is 12.1. The maximum atomic E-state index is 14.6. The molecule has 0 aliphatic rings. The minimum atomic E-state index is -6.15. The third-order valence-electron chi connectivity index (χ3n) is 4.35. The van der Waals surface area contributed by atoms with E-state index < -0.39 is 33.0 Å². The van der Waals surface area contributed by atoms with Gasteiger partial charge in [0.05, 0.1) is 12.8 Å². The summed E-state index contributed by atoms with van der Waals surface area (Å²) in [5, 5.41) is 4.22. The molecule has 0 aliphatic heterocycles. The number of benzene rings is 1. The van der Waals surface area contributed by atoms with Crippen molar-refractivity contribution in [3.8, 4) is 22.8 Å². The van der Waals surface area contributed by atoms with Gasteiger partial charge in [0.15, 0.2) is 11.6 Å². The smallest absolute Gasteiger partial charge is 0.481 e. The lowest BCUT2D eigenvalue weighted by Gasteiger charge is -2.11. The number of ether oxygens (including phenoxy) is 1. The number of alkyl halides is 3. The zero-order valence-corrected chi connectivity index (χ0v) is 17.5. The zero-order chi connectivity index (χ0) is 23.7. The Balaban J connectivity index is 1.84. The van der Waals surface area contributed by atoms with Crippen LogP contribution in [-0.2, 0) is 23.1 Å². The molecule has 3 aromatic rings. The molecule has 13 heteroatoms. The monoisotopic (exact) mass is 477 g/mol. The van der Waals surface area contributed by atoms with Crippen LogP contribution in [0.25, 0.3) is 11.1 Å². The van der Waals surface area contributed by atoms with E-state index >= 15 is 0 Å². The molecule has 0 fully saturated rings. The van der Waals surface area contributed by atoms with Crippen LogP contribution in [0.3, 0.4) is 0 Å². The lowest BCUT2D eigenvalue weighted by Crippen LogP contribution is -2.28. The van der Waals surface area contributed by atoms with Crippen molar-refractivity contribution < 1.29 is 39.3 Å². The third-order valence-corrected chi connectivity index (χ3v) is 5.32. The number of methoxy groups -OCH3 is 1. The molecule has 172 valence electrons. The van der Waals surface area contributed by atoms with E-state index in [0.717, 1.165) is 6.07 Å². The Morgan fingerprint density at radius 1 is 1.06 bits per heavy atom. The Bertz CT molecular complexity index is 1240. The molecule has 0 unspecified atom stereocenters. The summed E-state index contributed by atoms with van der Waals surface area (Å²) in [4.78, 5) is 4.26. The van der Waals surface area contributed by atoms with Crippen LogP contribution in [0.2, 0.25) is 0 Å². The second kappa shape index (κ2) is 8.73. The summed E-state index contributed by atoms with van der Waals surface area (Å²) in [6.45, 7) is 1.88. The molecule has 0 spiro atoms. The van der Waals surface area contributed by atoms with Crippen LogP contribution in [0, 0.1) is 18.6 Å². The summed E-state index contributed by atoms with van der Waals surface area (Å²) in [6.07, 6.45) is 1.89. The fraction of sp³-hybridized carbons (Fsp3) is 0.263. The number of aryl methyl sites for hydroxylation is 3. The molecule has 0 saturated heterocycles. The number of rotatable bonds is 7. The second-order valence-corrected chi connectivity index (χ2v) is 8.07. The van der Waals surface area contributed by atoms with Crippen molar-refractivity contribution in [2.45, 2.75) is 25.4 Å². The van der Waals surface area contributed by atoms with Crippen molar-refractivity contribution in [2.75, 3.05) is 7.11 Å². The molecule has 32 heavy (non-hydrogen) atoms. The van der Waals surface area contributed by atoms with Crippen molar-refractivity contribution in [1.82, 2.24) is 14.8 Å². The van der Waals surface area contributed by atoms with E-state index in [1.54, 1.807) is 18.2 Å². The second-order valence-electron chi connectivity index (χ2n) is 6.53. The maximum absolute atomic E-state index is 14.6. The number of nitrogens with zero attached hydrogens (tertiary/aromatic N) is 3. The van der Waals surface area contributed by atoms with Crippen molar-refractivity contribution in [3.05, 3.63) is 59.6 Å². The van der Waals surface area contributed by atoms with E-state index in [-0.39, 0.29) is 11.1 Å². The fourth-order valence-corrected chi connectivity index (χ4v) is 3.27. The van der Waals surface area contributed by atoms with Gasteiger partial charge in [-0.1, -0.05) is 6.07 Å². The summed E-state index contributed by atoms with van der Waals surface area (Å²) >= 11 is 0. The van der Waals surface area contributed by atoms with Crippen LogP contribution in [0.5, 0.6) is 11.6 Å². The number of aromatic nitrogens is 3. The Kier molecular flexibility index (Phi) is 6.39. The van der Waals surface area contributed by atoms with Gasteiger partial charge in [0.2, 0.25) is 11.7 Å². The van der Waals surface area contributed by atoms with E-state index in [1.807, 2.05) is 0 Å². The van der Waals surface area contributed by atoms with Crippen molar-refractivity contribution >= 4 is 10.1 Å². The number of pyridine rings is 1. The maximum Gasteiger partial charge on any atom is 0.534 e. The third kappa shape index (κ3) is 4.82. The summed E-state index contributed by atoms with van der Waals surface area (Å²) in [5.41, 5.74) is -4.90. The van der Waals surface area contributed by atoms with Crippen LogP contribution in [0.15, 0.2) is 36.5 Å². The number of halogens is 5. The molecule has 2 heterocycles. The molecule has 0 radical (unpaired) electrons. The van der Waals surface area contributed by atoms with Gasteiger partial charge in [-0.2, -0.15) is 31.1 Å². The average molecular weight is 477 g/mol. The first-order chi connectivity index (χ1) is 14.9. The first-order valence-electron chi connectivity index (χ1n) is 8.96. The topological polar surface area (TPSA) is 83.3 Å². The zero-order valence-electron chi connectivity index (χ0n) is 16.7. The molecule has 0 atom stereocenters. The van der Waals surface area contributed by atoms with E-state index in [2.05, 4.69) is 14.3 Å². The van der Waals surface area contributed by atoms with Gasteiger partial charge < -0.3 is 8.92 Å². The Labute approximate surface area is 179 Å². The largest absolute Gasteiger partial charge is 0.534 e. The molecular formula is C19H16F5N3O4S. The summed E-state index contributed by atoms with van der Waals surface area (Å²) < 4.78 is 98.5. The highest BCUT2D eigenvalue weighted by molar-refractivity contribution is 7.88. The average Bonchev–Trinajstić information content (AvgIpc) is 3.09. The summed E-state index contributed by atoms with van der Waals surface area (Å²) in [7, 11) is -4.66. The standard InChI is InChI=1S/C19H16F5N3O4S/c1-11-14(10-27(26-11)9-8-12-4-3-5-16(25-12)30-2)13-6-7-15(18(21)17(13)20)31-32(28,29)19(22,23)24/h3-7,10H,8-9H2,1-2H3. The lowest BCUT2D eigenvalue weighted by molar-refractivity contribution is -0.0501.